The SMILES string of the molecule is COc1ccc(OCC(=O)NC23CCC(NC(=O)COc4ccc(Cl)c(F)c4)(CC2)[C@@H](O)C3)cn1. The number of carbonyl (C=O) groups is 2. The third kappa shape index (κ3) is 5.76. The number of methoxy groups -OCH3 is 1. The minimum absolute atomic E-state index is 0.0342. The Morgan fingerprint density at radius 2 is 1.74 bits per heavy atom. The van der Waals surface area contributed by atoms with Crippen molar-refractivity contribution >= 4 is 23.4 Å². The zero-order chi connectivity index (χ0) is 25.1. The Morgan fingerprint density at radius 1 is 1.09 bits per heavy atom. The lowest BCUT2D eigenvalue weighted by Crippen LogP contribution is -2.70. The highest BCUT2D eigenvalue weighted by atomic mass is 35.5. The molecule has 188 valence electrons. The van der Waals surface area contributed by atoms with Crippen LogP contribution in [0.3, 0.4) is 0 Å². The number of amides is 2. The molecule has 2 amide bonds. The summed E-state index contributed by atoms with van der Waals surface area (Å²) in [5.74, 6) is -0.282. The van der Waals surface area contributed by atoms with Crippen LogP contribution in [0.15, 0.2) is 36.5 Å². The fourth-order valence-corrected chi connectivity index (χ4v) is 4.86. The van der Waals surface area contributed by atoms with Crippen LogP contribution in [0, 0.1) is 5.82 Å². The number of nitrogens with one attached hydrogen (secondary N) is 2. The minimum Gasteiger partial charge on any atom is -0.484 e. The number of halogens is 2. The molecule has 0 saturated heterocycles. The Bertz CT molecular complexity index is 1080. The summed E-state index contributed by atoms with van der Waals surface area (Å²) >= 11 is 5.65. The molecule has 3 N–H and O–H groups in total. The molecule has 0 spiro atoms. The van der Waals surface area contributed by atoms with E-state index < -0.39 is 28.9 Å². The van der Waals surface area contributed by atoms with E-state index in [0.717, 1.165) is 6.07 Å². The lowest BCUT2D eigenvalue weighted by molar-refractivity contribution is -0.137. The lowest BCUT2D eigenvalue weighted by atomic mass is 9.60. The van der Waals surface area contributed by atoms with Gasteiger partial charge in [-0.05, 0) is 50.3 Å². The van der Waals surface area contributed by atoms with Crippen LogP contribution >= 0.6 is 11.6 Å². The monoisotopic (exact) mass is 507 g/mol. The molecule has 1 atom stereocenters. The van der Waals surface area contributed by atoms with Crippen molar-refractivity contribution in [2.45, 2.75) is 49.3 Å². The summed E-state index contributed by atoms with van der Waals surface area (Å²) in [5.41, 5.74) is -1.34. The van der Waals surface area contributed by atoms with Crippen LogP contribution < -0.4 is 24.8 Å². The van der Waals surface area contributed by atoms with E-state index in [1.165, 1.54) is 25.4 Å². The first kappa shape index (κ1) is 25.0. The summed E-state index contributed by atoms with van der Waals surface area (Å²) in [6, 6.07) is 7.22. The summed E-state index contributed by atoms with van der Waals surface area (Å²) in [7, 11) is 1.51. The van der Waals surface area contributed by atoms with Gasteiger partial charge in [-0.2, -0.15) is 0 Å². The predicted octanol–water partition coefficient (Wildman–Crippen LogP) is 2.39. The van der Waals surface area contributed by atoms with E-state index >= 15 is 0 Å². The van der Waals surface area contributed by atoms with Gasteiger partial charge in [0.05, 0.1) is 30.0 Å². The van der Waals surface area contributed by atoms with Gasteiger partial charge in [0, 0.05) is 17.7 Å². The number of rotatable bonds is 9. The molecular weight excluding hydrogens is 481 g/mol. The van der Waals surface area contributed by atoms with Gasteiger partial charge in [0.25, 0.3) is 11.8 Å². The molecule has 2 aromatic rings. The number of aromatic nitrogens is 1. The van der Waals surface area contributed by atoms with Gasteiger partial charge < -0.3 is 30.0 Å². The fraction of sp³-hybridized carbons (Fsp3) is 0.458. The van der Waals surface area contributed by atoms with E-state index in [1.807, 2.05) is 0 Å². The number of benzene rings is 1. The van der Waals surface area contributed by atoms with E-state index in [4.69, 9.17) is 25.8 Å². The topological polar surface area (TPSA) is 119 Å². The zero-order valence-electron chi connectivity index (χ0n) is 19.2. The van der Waals surface area contributed by atoms with Gasteiger partial charge in [-0.1, -0.05) is 11.6 Å². The van der Waals surface area contributed by atoms with Crippen molar-refractivity contribution in [1.82, 2.24) is 15.6 Å². The molecule has 5 rings (SSSR count). The number of aliphatic hydroxyl groups excluding tert-OH is 1. The quantitative estimate of drug-likeness (QED) is 0.477. The summed E-state index contributed by atoms with van der Waals surface area (Å²) < 4.78 is 29.4. The summed E-state index contributed by atoms with van der Waals surface area (Å²) in [6.07, 6.45) is 3.14. The highest BCUT2D eigenvalue weighted by Crippen LogP contribution is 2.47. The maximum Gasteiger partial charge on any atom is 0.258 e. The normalized spacial score (nSPS) is 25.0. The van der Waals surface area contributed by atoms with Crippen molar-refractivity contribution < 1.29 is 33.3 Å². The molecule has 0 radical (unpaired) electrons. The van der Waals surface area contributed by atoms with E-state index in [0.29, 0.717) is 43.7 Å². The number of aliphatic hydroxyl groups is 1. The van der Waals surface area contributed by atoms with Crippen LogP contribution in [0.25, 0.3) is 0 Å². The van der Waals surface area contributed by atoms with Crippen molar-refractivity contribution in [1.29, 1.82) is 0 Å². The lowest BCUT2D eigenvalue weighted by Gasteiger charge is -2.56. The largest absolute Gasteiger partial charge is 0.484 e. The molecule has 3 aliphatic rings. The van der Waals surface area contributed by atoms with Gasteiger partial charge in [-0.3, -0.25) is 9.59 Å². The second kappa shape index (κ2) is 10.2. The first-order chi connectivity index (χ1) is 16.7. The average Bonchev–Trinajstić information content (AvgIpc) is 2.85. The summed E-state index contributed by atoms with van der Waals surface area (Å²) in [5, 5.41) is 16.8. The molecule has 2 bridgehead atoms. The van der Waals surface area contributed by atoms with E-state index in [9.17, 15) is 19.1 Å². The Morgan fingerprint density at radius 3 is 2.34 bits per heavy atom. The van der Waals surface area contributed by atoms with E-state index in [1.54, 1.807) is 12.1 Å². The third-order valence-corrected chi connectivity index (χ3v) is 6.97. The Labute approximate surface area is 206 Å². The molecule has 0 aliphatic heterocycles. The first-order valence-corrected chi connectivity index (χ1v) is 11.6. The van der Waals surface area contributed by atoms with Crippen LogP contribution in [0.5, 0.6) is 17.4 Å². The van der Waals surface area contributed by atoms with E-state index in [-0.39, 0.29) is 29.9 Å². The molecule has 1 aromatic heterocycles. The number of nitrogens with zero attached hydrogens (tertiary/aromatic N) is 1. The van der Waals surface area contributed by atoms with Gasteiger partial charge in [0.2, 0.25) is 5.88 Å². The maximum absolute atomic E-state index is 13.5. The fourth-order valence-electron chi connectivity index (χ4n) is 4.74. The first-order valence-electron chi connectivity index (χ1n) is 11.2. The molecule has 9 nitrogen and oxygen atoms in total. The molecule has 11 heteroatoms. The molecule has 3 aliphatic carbocycles. The van der Waals surface area contributed by atoms with Gasteiger partial charge in [-0.25, -0.2) is 9.37 Å². The number of hydrogen-bond donors (Lipinski definition) is 3. The maximum atomic E-state index is 13.5. The number of ether oxygens (including phenoxy) is 3. The highest BCUT2D eigenvalue weighted by molar-refractivity contribution is 6.30. The van der Waals surface area contributed by atoms with Crippen LogP contribution in [-0.4, -0.2) is 59.4 Å². The predicted molar refractivity (Wildman–Crippen MR) is 124 cm³/mol. The molecule has 3 fully saturated rings. The van der Waals surface area contributed by atoms with Crippen molar-refractivity contribution in [3.05, 3.63) is 47.4 Å². The minimum atomic E-state index is -0.839. The zero-order valence-corrected chi connectivity index (χ0v) is 19.9. The van der Waals surface area contributed by atoms with E-state index in [2.05, 4.69) is 15.6 Å². The molecule has 0 unspecified atom stereocenters. The van der Waals surface area contributed by atoms with Gasteiger partial charge in [-0.15, -0.1) is 0 Å². The van der Waals surface area contributed by atoms with Crippen LogP contribution in [-0.2, 0) is 9.59 Å². The van der Waals surface area contributed by atoms with Crippen molar-refractivity contribution in [2.24, 2.45) is 0 Å². The third-order valence-electron chi connectivity index (χ3n) is 6.66. The standard InChI is InChI=1S/C24H27ClFN3O6/c1-33-22-5-3-16(12-27-22)35-13-20(31)28-23-6-8-24(9-7-23,19(30)11-23)29-21(32)14-34-15-2-4-17(25)18(26)10-15/h2-5,10,12,19,30H,6-9,11,13-14H2,1H3,(H,28,31)(H,29,32)/t19-,23?,24?/m0/s1. The average molecular weight is 508 g/mol. The number of pyridine rings is 1. The van der Waals surface area contributed by atoms with Crippen molar-refractivity contribution in [2.75, 3.05) is 20.3 Å². The van der Waals surface area contributed by atoms with Crippen LogP contribution in [0.4, 0.5) is 4.39 Å². The number of carbonyl (C=O) groups excluding carboxylic acids is 2. The Kier molecular flexibility index (Phi) is 7.32. The second-order valence-electron chi connectivity index (χ2n) is 8.94. The van der Waals surface area contributed by atoms with Gasteiger partial charge >= 0.3 is 0 Å². The summed E-state index contributed by atoms with van der Waals surface area (Å²) in [4.78, 5) is 29.1. The molecule has 35 heavy (non-hydrogen) atoms. The van der Waals surface area contributed by atoms with Crippen molar-refractivity contribution in [3.8, 4) is 17.4 Å². The molecule has 1 heterocycles. The highest BCUT2D eigenvalue weighted by Gasteiger charge is 2.55. The molecular formula is C24H27ClFN3O6. The summed E-state index contributed by atoms with van der Waals surface area (Å²) in [6.45, 7) is -0.509. The van der Waals surface area contributed by atoms with Crippen LogP contribution in [0.2, 0.25) is 5.02 Å². The number of hydrogen-bond acceptors (Lipinski definition) is 7. The van der Waals surface area contributed by atoms with Crippen molar-refractivity contribution in [3.63, 3.8) is 0 Å². The van der Waals surface area contributed by atoms with Gasteiger partial charge in [0.1, 0.15) is 17.3 Å². The van der Waals surface area contributed by atoms with Crippen LogP contribution in [0.1, 0.15) is 32.1 Å². The molecule has 3 saturated carbocycles. The van der Waals surface area contributed by atoms with Gasteiger partial charge in [0.15, 0.2) is 13.2 Å². The number of fused-ring (bicyclic) bond motifs is 3. The second-order valence-corrected chi connectivity index (χ2v) is 9.35. The Balaban J connectivity index is 1.26. The smallest absolute Gasteiger partial charge is 0.258 e. The molecule has 1 aromatic carbocycles. The Hall–Kier alpha value is -3.11.